The number of carbonyl (C=O) groups excluding carboxylic acids is 1. The molecule has 1 aliphatic heterocycles. The monoisotopic (exact) mass is 420 g/mol. The highest BCUT2D eigenvalue weighted by molar-refractivity contribution is 5.84. The van der Waals surface area contributed by atoms with Gasteiger partial charge in [0.25, 0.3) is 0 Å². The third-order valence-corrected chi connectivity index (χ3v) is 5.55. The first kappa shape index (κ1) is 22.2. The number of hydrogen-bond donors (Lipinski definition) is 0. The van der Waals surface area contributed by atoms with Gasteiger partial charge in [-0.1, -0.05) is 42.5 Å². The molecule has 1 fully saturated rings. The molecule has 3 rings (SSSR count). The van der Waals surface area contributed by atoms with Gasteiger partial charge in [-0.2, -0.15) is 13.2 Å². The fraction of sp³-hybridized carbons (Fsp3) is 0.435. The molecule has 0 spiro atoms. The van der Waals surface area contributed by atoms with E-state index >= 15 is 0 Å². The summed E-state index contributed by atoms with van der Waals surface area (Å²) >= 11 is 0. The molecule has 0 radical (unpaired) electrons. The van der Waals surface area contributed by atoms with Crippen molar-refractivity contribution in [1.82, 2.24) is 9.80 Å². The quantitative estimate of drug-likeness (QED) is 0.661. The van der Waals surface area contributed by atoms with Gasteiger partial charge < -0.3 is 9.64 Å². The van der Waals surface area contributed by atoms with E-state index < -0.39 is 17.5 Å². The number of benzene rings is 2. The van der Waals surface area contributed by atoms with E-state index in [-0.39, 0.29) is 26.1 Å². The minimum absolute atomic E-state index is 0.113. The first-order chi connectivity index (χ1) is 14.2. The van der Waals surface area contributed by atoms with Crippen molar-refractivity contribution >= 4 is 5.91 Å². The van der Waals surface area contributed by atoms with Gasteiger partial charge in [0.05, 0.1) is 6.61 Å². The van der Waals surface area contributed by atoms with E-state index in [4.69, 9.17) is 4.74 Å². The fourth-order valence-corrected chi connectivity index (χ4v) is 3.96. The summed E-state index contributed by atoms with van der Waals surface area (Å²) in [6.45, 7) is 2.83. The van der Waals surface area contributed by atoms with Crippen LogP contribution >= 0.6 is 0 Å². The highest BCUT2D eigenvalue weighted by Gasteiger charge is 2.63. The van der Waals surface area contributed by atoms with E-state index in [1.165, 1.54) is 11.9 Å². The van der Waals surface area contributed by atoms with Crippen LogP contribution in [0.4, 0.5) is 13.2 Å². The summed E-state index contributed by atoms with van der Waals surface area (Å²) in [6, 6.07) is 16.4. The molecule has 1 unspecified atom stereocenters. The van der Waals surface area contributed by atoms with Gasteiger partial charge in [-0.25, -0.2) is 0 Å². The summed E-state index contributed by atoms with van der Waals surface area (Å²) in [7, 11) is 1.44. The molecule has 0 saturated carbocycles. The first-order valence-corrected chi connectivity index (χ1v) is 10.1. The lowest BCUT2D eigenvalue weighted by atomic mass is 9.84. The normalized spacial score (nSPS) is 19.6. The minimum Gasteiger partial charge on any atom is -0.494 e. The van der Waals surface area contributed by atoms with Crippen LogP contribution in [0.25, 0.3) is 0 Å². The van der Waals surface area contributed by atoms with E-state index in [0.717, 1.165) is 11.1 Å². The Morgan fingerprint density at radius 2 is 1.77 bits per heavy atom. The van der Waals surface area contributed by atoms with Crippen LogP contribution in [-0.4, -0.2) is 48.6 Å². The Kier molecular flexibility index (Phi) is 6.71. The number of ether oxygens (including phenoxy) is 1. The predicted octanol–water partition coefficient (Wildman–Crippen LogP) is 4.50. The molecule has 30 heavy (non-hydrogen) atoms. The smallest absolute Gasteiger partial charge is 0.404 e. The number of likely N-dealkylation sites (tertiary alicyclic amines) is 1. The summed E-state index contributed by atoms with van der Waals surface area (Å²) in [5.74, 6) is -0.186. The second-order valence-electron chi connectivity index (χ2n) is 7.76. The van der Waals surface area contributed by atoms with Crippen molar-refractivity contribution in [2.24, 2.45) is 5.41 Å². The van der Waals surface area contributed by atoms with Gasteiger partial charge in [0, 0.05) is 26.7 Å². The summed E-state index contributed by atoms with van der Waals surface area (Å²) in [5.41, 5.74) is -0.682. The summed E-state index contributed by atoms with van der Waals surface area (Å²) in [6.07, 6.45) is -4.83. The van der Waals surface area contributed by atoms with E-state index in [9.17, 15) is 18.0 Å². The van der Waals surface area contributed by atoms with Crippen molar-refractivity contribution in [2.75, 3.05) is 26.7 Å². The van der Waals surface area contributed by atoms with Crippen molar-refractivity contribution in [3.63, 3.8) is 0 Å². The number of carbonyl (C=O) groups is 1. The van der Waals surface area contributed by atoms with Crippen LogP contribution < -0.4 is 4.74 Å². The molecule has 1 aliphatic rings. The average Bonchev–Trinajstić information content (AvgIpc) is 3.15. The second-order valence-corrected chi connectivity index (χ2v) is 7.76. The van der Waals surface area contributed by atoms with Crippen molar-refractivity contribution in [1.29, 1.82) is 0 Å². The molecule has 7 heteroatoms. The molecule has 1 heterocycles. The third kappa shape index (κ3) is 4.78. The number of alkyl halides is 3. The second kappa shape index (κ2) is 9.08. The fourth-order valence-electron chi connectivity index (χ4n) is 3.96. The number of hydrogen-bond acceptors (Lipinski definition) is 3. The highest BCUT2D eigenvalue weighted by atomic mass is 19.4. The predicted molar refractivity (Wildman–Crippen MR) is 109 cm³/mol. The lowest BCUT2D eigenvalue weighted by molar-refractivity contribution is -0.223. The van der Waals surface area contributed by atoms with Crippen LogP contribution in [-0.2, 0) is 17.9 Å². The minimum atomic E-state index is -4.61. The topological polar surface area (TPSA) is 32.8 Å². The molecule has 1 atom stereocenters. The van der Waals surface area contributed by atoms with Crippen molar-refractivity contribution in [3.8, 4) is 5.75 Å². The molecule has 162 valence electrons. The van der Waals surface area contributed by atoms with Crippen LogP contribution in [0.15, 0.2) is 54.6 Å². The number of rotatable bonds is 7. The lowest BCUT2D eigenvalue weighted by Gasteiger charge is -2.34. The Balaban J connectivity index is 1.72. The molecule has 4 nitrogen and oxygen atoms in total. The molecule has 0 aromatic heterocycles. The van der Waals surface area contributed by atoms with Crippen LogP contribution in [0.3, 0.4) is 0 Å². The maximum atomic E-state index is 14.1. The van der Waals surface area contributed by atoms with E-state index in [2.05, 4.69) is 0 Å². The van der Waals surface area contributed by atoms with Crippen LogP contribution in [0.1, 0.15) is 24.5 Å². The van der Waals surface area contributed by atoms with Crippen molar-refractivity contribution in [2.45, 2.75) is 32.6 Å². The van der Waals surface area contributed by atoms with Gasteiger partial charge in [0.15, 0.2) is 5.41 Å². The molecule has 0 bridgehead atoms. The van der Waals surface area contributed by atoms with Crippen molar-refractivity contribution in [3.05, 3.63) is 65.7 Å². The summed E-state index contributed by atoms with van der Waals surface area (Å²) < 4.78 is 47.8. The molecule has 0 N–H and O–H groups in total. The third-order valence-electron chi connectivity index (χ3n) is 5.55. The molecular weight excluding hydrogens is 393 g/mol. The van der Waals surface area contributed by atoms with E-state index in [1.54, 1.807) is 29.2 Å². The van der Waals surface area contributed by atoms with Gasteiger partial charge in [-0.05, 0) is 43.1 Å². The molecular formula is C23H27F3N2O2. The Morgan fingerprint density at radius 3 is 2.37 bits per heavy atom. The van der Waals surface area contributed by atoms with Crippen LogP contribution in [0.2, 0.25) is 0 Å². The number of nitrogens with zero attached hydrogens (tertiary/aromatic N) is 2. The molecule has 1 saturated heterocycles. The van der Waals surface area contributed by atoms with Crippen LogP contribution in [0, 0.1) is 5.41 Å². The maximum absolute atomic E-state index is 14.1. The highest BCUT2D eigenvalue weighted by Crippen LogP contribution is 2.47. The summed E-state index contributed by atoms with van der Waals surface area (Å²) in [4.78, 5) is 15.9. The molecule has 1 amide bonds. The zero-order chi connectivity index (χ0) is 21.8. The Morgan fingerprint density at radius 1 is 1.10 bits per heavy atom. The number of halogens is 3. The van der Waals surface area contributed by atoms with Gasteiger partial charge in [0.1, 0.15) is 5.75 Å². The summed E-state index contributed by atoms with van der Waals surface area (Å²) in [5, 5.41) is 0. The molecule has 2 aromatic carbocycles. The van der Waals surface area contributed by atoms with E-state index in [0.29, 0.717) is 18.9 Å². The number of amides is 1. The van der Waals surface area contributed by atoms with Crippen LogP contribution in [0.5, 0.6) is 5.75 Å². The van der Waals surface area contributed by atoms with Gasteiger partial charge >= 0.3 is 6.18 Å². The Hall–Kier alpha value is -2.54. The zero-order valence-corrected chi connectivity index (χ0v) is 17.3. The molecule has 2 aromatic rings. The molecule has 0 aliphatic carbocycles. The lowest BCUT2D eigenvalue weighted by Crippen LogP contribution is -2.52. The SMILES string of the molecule is CCOc1ccc(CN(C)C(=O)C2(C(F)(F)F)CCN(Cc3ccccc3)C2)cc1. The Labute approximate surface area is 175 Å². The van der Waals surface area contributed by atoms with Gasteiger partial charge in [0.2, 0.25) is 5.91 Å². The standard InChI is InChI=1S/C23H27F3N2O2/c1-3-30-20-11-9-19(10-12-20)15-27(2)21(29)22(23(24,25)26)13-14-28(17-22)16-18-7-5-4-6-8-18/h4-12H,3,13-17H2,1-2H3. The van der Waals surface area contributed by atoms with Gasteiger partial charge in [-0.3, -0.25) is 9.69 Å². The zero-order valence-electron chi connectivity index (χ0n) is 17.3. The van der Waals surface area contributed by atoms with Gasteiger partial charge in [-0.15, -0.1) is 0 Å². The van der Waals surface area contributed by atoms with E-state index in [1.807, 2.05) is 37.3 Å². The first-order valence-electron chi connectivity index (χ1n) is 10.1. The average molecular weight is 420 g/mol. The van der Waals surface area contributed by atoms with Crippen molar-refractivity contribution < 1.29 is 22.7 Å². The maximum Gasteiger partial charge on any atom is 0.404 e. The Bertz CT molecular complexity index is 840. The largest absolute Gasteiger partial charge is 0.494 e.